The topological polar surface area (TPSA) is 52.0 Å². The van der Waals surface area contributed by atoms with Crippen molar-refractivity contribution in [1.82, 2.24) is 4.98 Å². The number of oxazole rings is 1. The van der Waals surface area contributed by atoms with Crippen LogP contribution in [0.5, 0.6) is 0 Å². The van der Waals surface area contributed by atoms with Crippen LogP contribution in [0, 0.1) is 6.92 Å². The normalized spacial score (nSPS) is 11.5. The Morgan fingerprint density at radius 3 is 2.55 bits per heavy atom. The first kappa shape index (κ1) is 15.6. The van der Waals surface area contributed by atoms with Crippen LogP contribution in [0.4, 0.5) is 5.69 Å². The fourth-order valence-electron chi connectivity index (χ4n) is 2.43. The lowest BCUT2D eigenvalue weighted by Crippen LogP contribution is -1.95. The summed E-state index contributed by atoms with van der Waals surface area (Å²) in [4.78, 5) is 4.65. The number of rotatable bonds is 2. The minimum atomic E-state index is 0.460. The highest BCUT2D eigenvalue weighted by molar-refractivity contribution is 9.11. The average Bonchev–Trinajstić information content (AvgIpc) is 2.87. The third-order valence-corrected chi connectivity index (χ3v) is 5.10. The number of hydrogen-bond donors (Lipinski definition) is 1. The van der Waals surface area contributed by atoms with Crippen molar-refractivity contribution in [3.8, 4) is 11.5 Å². The maximum absolute atomic E-state index is 6.11. The molecule has 3 aromatic rings. The Morgan fingerprint density at radius 1 is 1.14 bits per heavy atom. The van der Waals surface area contributed by atoms with Gasteiger partial charge in [-0.15, -0.1) is 0 Å². The van der Waals surface area contributed by atoms with Crippen molar-refractivity contribution in [3.05, 3.63) is 44.3 Å². The maximum Gasteiger partial charge on any atom is 0.228 e. The highest BCUT2D eigenvalue weighted by atomic mass is 79.9. The van der Waals surface area contributed by atoms with E-state index in [0.29, 0.717) is 17.5 Å². The predicted molar refractivity (Wildman–Crippen MR) is 98.1 cm³/mol. The zero-order chi connectivity index (χ0) is 16.0. The summed E-state index contributed by atoms with van der Waals surface area (Å²) in [5.41, 5.74) is 11.5. The van der Waals surface area contributed by atoms with Gasteiger partial charge in [0.25, 0.3) is 0 Å². The molecule has 2 N–H and O–H groups in total. The van der Waals surface area contributed by atoms with Crippen molar-refractivity contribution < 1.29 is 4.42 Å². The molecule has 22 heavy (non-hydrogen) atoms. The number of fused-ring (bicyclic) bond motifs is 1. The summed E-state index contributed by atoms with van der Waals surface area (Å²) >= 11 is 7.04. The molecule has 0 amide bonds. The van der Waals surface area contributed by atoms with Gasteiger partial charge in [-0.1, -0.05) is 19.9 Å². The van der Waals surface area contributed by atoms with Crippen molar-refractivity contribution in [2.75, 3.05) is 5.73 Å². The van der Waals surface area contributed by atoms with E-state index in [1.807, 2.05) is 19.1 Å². The SMILES string of the molecule is Cc1c(N)c(Br)cc(Br)c1-c1nc2cc(C(C)C)ccc2o1. The lowest BCUT2D eigenvalue weighted by atomic mass is 10.0. The third kappa shape index (κ3) is 2.57. The van der Waals surface area contributed by atoms with Crippen LogP contribution in [0.15, 0.2) is 37.6 Å². The molecule has 0 saturated heterocycles. The van der Waals surface area contributed by atoms with Gasteiger partial charge in [0.15, 0.2) is 5.58 Å². The molecule has 0 fully saturated rings. The van der Waals surface area contributed by atoms with Gasteiger partial charge in [-0.05, 0) is 74.0 Å². The van der Waals surface area contributed by atoms with E-state index < -0.39 is 0 Å². The first-order valence-electron chi connectivity index (χ1n) is 7.03. The van der Waals surface area contributed by atoms with Crippen molar-refractivity contribution >= 4 is 48.6 Å². The Bertz CT molecular complexity index is 869. The van der Waals surface area contributed by atoms with E-state index in [-0.39, 0.29) is 0 Å². The molecule has 0 atom stereocenters. The molecule has 5 heteroatoms. The van der Waals surface area contributed by atoms with Gasteiger partial charge in [-0.25, -0.2) is 4.98 Å². The van der Waals surface area contributed by atoms with Crippen LogP contribution in [-0.4, -0.2) is 4.98 Å². The lowest BCUT2D eigenvalue weighted by molar-refractivity contribution is 0.618. The van der Waals surface area contributed by atoms with Crippen LogP contribution < -0.4 is 5.73 Å². The molecule has 0 aliphatic rings. The summed E-state index contributed by atoms with van der Waals surface area (Å²) in [7, 11) is 0. The van der Waals surface area contributed by atoms with Gasteiger partial charge in [0, 0.05) is 14.6 Å². The number of nitrogens with zero attached hydrogens (tertiary/aromatic N) is 1. The monoisotopic (exact) mass is 422 g/mol. The van der Waals surface area contributed by atoms with Crippen LogP contribution in [0.2, 0.25) is 0 Å². The van der Waals surface area contributed by atoms with Crippen LogP contribution in [-0.2, 0) is 0 Å². The molecule has 1 heterocycles. The zero-order valence-corrected chi connectivity index (χ0v) is 15.7. The molecular weight excluding hydrogens is 408 g/mol. The van der Waals surface area contributed by atoms with Crippen LogP contribution in [0.25, 0.3) is 22.6 Å². The molecule has 3 rings (SSSR count). The van der Waals surface area contributed by atoms with E-state index in [1.54, 1.807) is 0 Å². The molecule has 0 spiro atoms. The van der Waals surface area contributed by atoms with Gasteiger partial charge >= 0.3 is 0 Å². The number of nitrogens with two attached hydrogens (primary N) is 1. The molecule has 114 valence electrons. The molecule has 0 aliphatic heterocycles. The van der Waals surface area contributed by atoms with E-state index in [9.17, 15) is 0 Å². The summed E-state index contributed by atoms with van der Waals surface area (Å²) in [6.07, 6.45) is 0. The van der Waals surface area contributed by atoms with Crippen LogP contribution >= 0.6 is 31.9 Å². The van der Waals surface area contributed by atoms with Gasteiger partial charge in [0.2, 0.25) is 5.89 Å². The second-order valence-corrected chi connectivity index (χ2v) is 7.36. The Hall–Kier alpha value is -1.33. The fraction of sp³-hybridized carbons (Fsp3) is 0.235. The summed E-state index contributed by atoms with van der Waals surface area (Å²) in [6, 6.07) is 8.07. The average molecular weight is 424 g/mol. The highest BCUT2D eigenvalue weighted by Gasteiger charge is 2.18. The van der Waals surface area contributed by atoms with Gasteiger partial charge < -0.3 is 10.2 Å². The second kappa shape index (κ2) is 5.70. The van der Waals surface area contributed by atoms with E-state index in [2.05, 4.69) is 62.8 Å². The molecule has 3 nitrogen and oxygen atoms in total. The summed E-state index contributed by atoms with van der Waals surface area (Å²) in [6.45, 7) is 6.30. The number of halogens is 2. The maximum atomic E-state index is 6.11. The van der Waals surface area contributed by atoms with Gasteiger partial charge in [0.1, 0.15) is 5.52 Å². The smallest absolute Gasteiger partial charge is 0.228 e. The number of hydrogen-bond acceptors (Lipinski definition) is 3. The zero-order valence-electron chi connectivity index (χ0n) is 12.6. The van der Waals surface area contributed by atoms with E-state index >= 15 is 0 Å². The largest absolute Gasteiger partial charge is 0.436 e. The van der Waals surface area contributed by atoms with Crippen molar-refractivity contribution in [2.45, 2.75) is 26.7 Å². The Balaban J connectivity index is 2.21. The molecular formula is C17H16Br2N2O. The summed E-state index contributed by atoms with van der Waals surface area (Å²) in [5.74, 6) is 1.04. The van der Waals surface area contributed by atoms with Gasteiger partial charge in [-0.3, -0.25) is 0 Å². The number of aromatic nitrogens is 1. The lowest BCUT2D eigenvalue weighted by Gasteiger charge is -2.09. The van der Waals surface area contributed by atoms with E-state index in [0.717, 1.165) is 31.2 Å². The standard InChI is InChI=1S/C17H16Br2N2O/c1-8(2)10-4-5-14-13(6-10)21-17(22-14)15-9(3)16(20)12(19)7-11(15)18/h4-8H,20H2,1-3H3. The molecule has 1 aromatic heterocycles. The Morgan fingerprint density at radius 2 is 1.86 bits per heavy atom. The van der Waals surface area contributed by atoms with E-state index in [4.69, 9.17) is 10.2 Å². The van der Waals surface area contributed by atoms with Gasteiger partial charge in [-0.2, -0.15) is 0 Å². The number of nitrogen functional groups attached to an aromatic ring is 1. The third-order valence-electron chi connectivity index (χ3n) is 3.82. The number of anilines is 1. The van der Waals surface area contributed by atoms with Crippen molar-refractivity contribution in [2.24, 2.45) is 0 Å². The Kier molecular flexibility index (Phi) is 4.03. The van der Waals surface area contributed by atoms with Gasteiger partial charge in [0.05, 0.1) is 5.56 Å². The number of benzene rings is 2. The summed E-state index contributed by atoms with van der Waals surface area (Å²) in [5, 5.41) is 0. The molecule has 0 aliphatic carbocycles. The minimum absolute atomic E-state index is 0.460. The molecule has 0 unspecified atom stereocenters. The molecule has 0 bridgehead atoms. The Labute approximate surface area is 146 Å². The molecule has 0 saturated carbocycles. The van der Waals surface area contributed by atoms with Crippen molar-refractivity contribution in [3.63, 3.8) is 0 Å². The van der Waals surface area contributed by atoms with Crippen LogP contribution in [0.1, 0.15) is 30.9 Å². The fourth-order valence-corrected chi connectivity index (χ4v) is 3.96. The minimum Gasteiger partial charge on any atom is -0.436 e. The molecule has 0 radical (unpaired) electrons. The highest BCUT2D eigenvalue weighted by Crippen LogP contribution is 2.39. The van der Waals surface area contributed by atoms with Crippen molar-refractivity contribution in [1.29, 1.82) is 0 Å². The van der Waals surface area contributed by atoms with E-state index in [1.165, 1.54) is 5.56 Å². The molecule has 2 aromatic carbocycles. The van der Waals surface area contributed by atoms with Crippen LogP contribution in [0.3, 0.4) is 0 Å². The first-order valence-corrected chi connectivity index (χ1v) is 8.62. The predicted octanol–water partition coefficient (Wildman–Crippen LogP) is 6.03. The first-order chi connectivity index (χ1) is 10.4. The quantitative estimate of drug-likeness (QED) is 0.511. The second-order valence-electron chi connectivity index (χ2n) is 5.65. The summed E-state index contributed by atoms with van der Waals surface area (Å²) < 4.78 is 7.70.